The first kappa shape index (κ1) is 21.8. The van der Waals surface area contributed by atoms with Gasteiger partial charge in [-0.2, -0.15) is 4.31 Å². The average molecular weight is 433 g/mol. The molecule has 1 heterocycles. The van der Waals surface area contributed by atoms with Crippen molar-refractivity contribution in [2.45, 2.75) is 18.0 Å². The maximum Gasteiger partial charge on any atom is 0.420 e. The van der Waals surface area contributed by atoms with Crippen molar-refractivity contribution in [2.24, 2.45) is 0 Å². The fraction of sp³-hybridized carbons (Fsp3) is 0.300. The summed E-state index contributed by atoms with van der Waals surface area (Å²) in [6.45, 7) is 0.629. The quantitative estimate of drug-likeness (QED) is 0.507. The van der Waals surface area contributed by atoms with E-state index in [9.17, 15) is 18.0 Å². The maximum atomic E-state index is 12.9. The lowest BCUT2D eigenvalue weighted by Gasteiger charge is -2.17. The van der Waals surface area contributed by atoms with Crippen LogP contribution >= 0.6 is 0 Å². The number of nitrogens with zero attached hydrogens (tertiary/aromatic N) is 2. The number of nitrogens with one attached hydrogen (secondary N) is 1. The second-order valence-electron chi connectivity index (χ2n) is 6.67. The Hall–Kier alpha value is -2.95. The van der Waals surface area contributed by atoms with E-state index in [1.807, 2.05) is 30.3 Å². The Morgan fingerprint density at radius 1 is 1.20 bits per heavy atom. The molecule has 1 aromatic heterocycles. The van der Waals surface area contributed by atoms with Gasteiger partial charge in [-0.3, -0.25) is 9.36 Å². The fourth-order valence-electron chi connectivity index (χ4n) is 2.95. The zero-order chi connectivity index (χ0) is 21.7. The third-order valence-corrected chi connectivity index (χ3v) is 6.33. The number of aromatic nitrogens is 1. The lowest BCUT2D eigenvalue weighted by Crippen LogP contribution is -2.32. The van der Waals surface area contributed by atoms with Crippen LogP contribution in [0.5, 0.6) is 0 Å². The molecule has 0 radical (unpaired) electrons. The van der Waals surface area contributed by atoms with Crippen LogP contribution in [0.2, 0.25) is 0 Å². The number of rotatable bonds is 9. The number of sulfonamides is 1. The molecule has 2 aromatic carbocycles. The third kappa shape index (κ3) is 4.78. The van der Waals surface area contributed by atoms with Crippen LogP contribution in [-0.2, 0) is 32.6 Å². The lowest BCUT2D eigenvalue weighted by molar-refractivity contribution is -0.121. The molecule has 3 rings (SSSR count). The van der Waals surface area contributed by atoms with Gasteiger partial charge in [-0.1, -0.05) is 30.3 Å². The number of amides is 1. The van der Waals surface area contributed by atoms with E-state index < -0.39 is 15.8 Å². The van der Waals surface area contributed by atoms with Crippen LogP contribution in [0, 0.1) is 0 Å². The Balaban J connectivity index is 1.83. The lowest BCUT2D eigenvalue weighted by atomic mass is 10.2. The van der Waals surface area contributed by atoms with Gasteiger partial charge in [0.25, 0.3) is 0 Å². The molecule has 160 valence electrons. The van der Waals surface area contributed by atoms with E-state index in [0.717, 1.165) is 10.1 Å². The number of hydrogen-bond acceptors (Lipinski definition) is 6. The highest BCUT2D eigenvalue weighted by Gasteiger charge is 2.23. The molecule has 0 saturated heterocycles. The molecule has 0 fully saturated rings. The van der Waals surface area contributed by atoms with Crippen molar-refractivity contribution in [3.05, 3.63) is 64.6 Å². The number of methoxy groups -OCH3 is 1. The van der Waals surface area contributed by atoms with Gasteiger partial charge in [0.2, 0.25) is 15.9 Å². The molecule has 0 saturated carbocycles. The van der Waals surface area contributed by atoms with E-state index in [-0.39, 0.29) is 29.5 Å². The summed E-state index contributed by atoms with van der Waals surface area (Å²) in [6, 6.07) is 13.4. The minimum atomic E-state index is -3.80. The van der Waals surface area contributed by atoms with Crippen molar-refractivity contribution in [1.82, 2.24) is 14.2 Å². The van der Waals surface area contributed by atoms with Gasteiger partial charge in [0.05, 0.1) is 17.0 Å². The van der Waals surface area contributed by atoms with Gasteiger partial charge >= 0.3 is 5.76 Å². The van der Waals surface area contributed by atoms with Gasteiger partial charge in [0.1, 0.15) is 6.54 Å². The minimum Gasteiger partial charge on any atom is -0.408 e. The highest BCUT2D eigenvalue weighted by Crippen LogP contribution is 2.22. The Bertz CT molecular complexity index is 1180. The van der Waals surface area contributed by atoms with E-state index in [2.05, 4.69) is 5.32 Å². The van der Waals surface area contributed by atoms with Crippen LogP contribution in [0.1, 0.15) is 5.56 Å². The SMILES string of the molecule is COCCNC(=O)Cn1c(=O)oc2cc(S(=O)(=O)N(C)Cc3ccccc3)ccc21. The van der Waals surface area contributed by atoms with Crippen LogP contribution in [0.4, 0.5) is 0 Å². The van der Waals surface area contributed by atoms with Gasteiger partial charge in [0.15, 0.2) is 5.58 Å². The topological polar surface area (TPSA) is 111 Å². The Morgan fingerprint density at radius 2 is 1.93 bits per heavy atom. The van der Waals surface area contributed by atoms with E-state index in [1.54, 1.807) is 0 Å². The third-order valence-electron chi connectivity index (χ3n) is 4.53. The number of fused-ring (bicyclic) bond motifs is 1. The van der Waals surface area contributed by atoms with Crippen LogP contribution in [0.25, 0.3) is 11.1 Å². The van der Waals surface area contributed by atoms with Crippen molar-refractivity contribution < 1.29 is 22.4 Å². The zero-order valence-electron chi connectivity index (χ0n) is 16.7. The first-order valence-electron chi connectivity index (χ1n) is 9.22. The van der Waals surface area contributed by atoms with Crippen molar-refractivity contribution in [3.63, 3.8) is 0 Å². The molecule has 30 heavy (non-hydrogen) atoms. The van der Waals surface area contributed by atoms with Crippen LogP contribution in [0.3, 0.4) is 0 Å². The Labute approximate surface area is 173 Å². The van der Waals surface area contributed by atoms with Crippen LogP contribution in [-0.4, -0.2) is 50.5 Å². The van der Waals surface area contributed by atoms with E-state index in [0.29, 0.717) is 18.7 Å². The first-order valence-corrected chi connectivity index (χ1v) is 10.7. The number of benzene rings is 2. The van der Waals surface area contributed by atoms with Gasteiger partial charge in [-0.25, -0.2) is 13.2 Å². The molecule has 1 N–H and O–H groups in total. The molecule has 0 aliphatic carbocycles. The first-order chi connectivity index (χ1) is 14.3. The van der Waals surface area contributed by atoms with Crippen LogP contribution in [0.15, 0.2) is 62.6 Å². The number of carbonyl (C=O) groups excluding carboxylic acids is 1. The molecule has 1 amide bonds. The standard InChI is InChI=1S/C20H23N3O6S/c1-22(13-15-6-4-3-5-7-15)30(26,27)16-8-9-17-18(12-16)29-20(25)23(17)14-19(24)21-10-11-28-2/h3-9,12H,10-11,13-14H2,1-2H3,(H,21,24). The second kappa shape index (κ2) is 9.24. The van der Waals surface area contributed by atoms with E-state index in [4.69, 9.17) is 9.15 Å². The summed E-state index contributed by atoms with van der Waals surface area (Å²) in [7, 11) is -0.800. The van der Waals surface area contributed by atoms with Crippen molar-refractivity contribution in [2.75, 3.05) is 27.3 Å². The highest BCUT2D eigenvalue weighted by molar-refractivity contribution is 7.89. The molecule has 10 heteroatoms. The summed E-state index contributed by atoms with van der Waals surface area (Å²) < 4.78 is 38.3. The Kier molecular flexibility index (Phi) is 6.70. The smallest absolute Gasteiger partial charge is 0.408 e. The number of ether oxygens (including phenoxy) is 1. The molecule has 0 aliphatic heterocycles. The van der Waals surface area contributed by atoms with Crippen molar-refractivity contribution >= 4 is 27.0 Å². The molecule has 0 unspecified atom stereocenters. The molecular weight excluding hydrogens is 410 g/mol. The minimum absolute atomic E-state index is 0.00104. The van der Waals surface area contributed by atoms with Gasteiger partial charge in [0, 0.05) is 33.3 Å². The predicted octanol–water partition coefficient (Wildman–Crippen LogP) is 1.18. The van der Waals surface area contributed by atoms with Gasteiger partial charge in [-0.15, -0.1) is 0 Å². The van der Waals surface area contributed by atoms with Gasteiger partial charge in [-0.05, 0) is 17.7 Å². The summed E-state index contributed by atoms with van der Waals surface area (Å²) in [5.41, 5.74) is 1.28. The molecule has 9 nitrogen and oxygen atoms in total. The molecule has 0 bridgehead atoms. The summed E-state index contributed by atoms with van der Waals surface area (Å²) in [5.74, 6) is -1.12. The van der Waals surface area contributed by atoms with E-state index >= 15 is 0 Å². The molecule has 3 aromatic rings. The average Bonchev–Trinajstić information content (AvgIpc) is 3.03. The van der Waals surface area contributed by atoms with E-state index in [1.165, 1.54) is 36.7 Å². The molecule has 0 atom stereocenters. The summed E-state index contributed by atoms with van der Waals surface area (Å²) in [5, 5.41) is 2.62. The summed E-state index contributed by atoms with van der Waals surface area (Å²) >= 11 is 0. The monoisotopic (exact) mass is 433 g/mol. The summed E-state index contributed by atoms with van der Waals surface area (Å²) in [4.78, 5) is 24.2. The largest absolute Gasteiger partial charge is 0.420 e. The van der Waals surface area contributed by atoms with Gasteiger partial charge < -0.3 is 14.5 Å². The number of oxazole rings is 1. The van der Waals surface area contributed by atoms with Crippen LogP contribution < -0.4 is 11.1 Å². The fourth-order valence-corrected chi connectivity index (χ4v) is 4.13. The number of carbonyl (C=O) groups is 1. The number of hydrogen-bond donors (Lipinski definition) is 1. The predicted molar refractivity (Wildman–Crippen MR) is 110 cm³/mol. The van der Waals surface area contributed by atoms with Crippen molar-refractivity contribution in [1.29, 1.82) is 0 Å². The second-order valence-corrected chi connectivity index (χ2v) is 8.72. The molecule has 0 aliphatic rings. The summed E-state index contributed by atoms with van der Waals surface area (Å²) in [6.07, 6.45) is 0. The molecular formula is C20H23N3O6S. The highest BCUT2D eigenvalue weighted by atomic mass is 32.2. The Morgan fingerprint density at radius 3 is 2.63 bits per heavy atom. The normalized spacial score (nSPS) is 11.8. The molecule has 0 spiro atoms. The van der Waals surface area contributed by atoms with Crippen molar-refractivity contribution in [3.8, 4) is 0 Å². The zero-order valence-corrected chi connectivity index (χ0v) is 17.5. The maximum absolute atomic E-state index is 12.9.